The van der Waals surface area contributed by atoms with Gasteiger partial charge >= 0.3 is 0 Å². The van der Waals surface area contributed by atoms with E-state index in [1.165, 1.54) is 22.6 Å². The Balaban J connectivity index is 2.14. The lowest BCUT2D eigenvalue weighted by atomic mass is 10.0. The summed E-state index contributed by atoms with van der Waals surface area (Å²) in [5, 5.41) is 0.179. The molecule has 0 saturated heterocycles. The number of benzene rings is 1. The first-order valence-electron chi connectivity index (χ1n) is 6.73. The highest BCUT2D eigenvalue weighted by molar-refractivity contribution is 7.92. The first-order chi connectivity index (χ1) is 10.00. The molecule has 0 amide bonds. The van der Waals surface area contributed by atoms with Gasteiger partial charge in [0.25, 0.3) is 10.0 Å². The molecular weight excluding hydrogens is 308 g/mol. The molecule has 0 spiro atoms. The van der Waals surface area contributed by atoms with Crippen LogP contribution in [0.3, 0.4) is 0 Å². The fourth-order valence-corrected chi connectivity index (χ4v) is 4.57. The zero-order chi connectivity index (χ0) is 15.0. The molecule has 3 rings (SSSR count). The zero-order valence-electron chi connectivity index (χ0n) is 11.6. The third-order valence-electron chi connectivity index (χ3n) is 3.66. The molecule has 2 heterocycles. The van der Waals surface area contributed by atoms with Gasteiger partial charge in [0, 0.05) is 12.7 Å². The third kappa shape index (κ3) is 2.51. The van der Waals surface area contributed by atoms with Crippen molar-refractivity contribution in [3.8, 4) is 0 Å². The quantitative estimate of drug-likeness (QED) is 0.798. The van der Waals surface area contributed by atoms with Gasteiger partial charge in [0.15, 0.2) is 0 Å². The molecule has 6 heteroatoms. The largest absolute Gasteiger partial charge is 0.266 e. The highest BCUT2D eigenvalue weighted by Crippen LogP contribution is 2.34. The molecule has 0 unspecified atom stereocenters. The number of para-hydroxylation sites is 1. The number of hydrogen-bond donors (Lipinski definition) is 0. The van der Waals surface area contributed by atoms with Gasteiger partial charge in [0.1, 0.15) is 5.15 Å². The first kappa shape index (κ1) is 14.4. The molecule has 1 aliphatic rings. The van der Waals surface area contributed by atoms with Crippen LogP contribution >= 0.6 is 11.6 Å². The number of rotatable bonds is 2. The van der Waals surface area contributed by atoms with Gasteiger partial charge in [-0.1, -0.05) is 29.8 Å². The van der Waals surface area contributed by atoms with Crippen molar-refractivity contribution in [1.29, 1.82) is 0 Å². The van der Waals surface area contributed by atoms with Crippen LogP contribution in [0.5, 0.6) is 0 Å². The van der Waals surface area contributed by atoms with E-state index in [1.807, 2.05) is 25.1 Å². The van der Waals surface area contributed by atoms with Crippen LogP contribution < -0.4 is 4.31 Å². The fraction of sp³-hybridized carbons (Fsp3) is 0.267. The number of anilines is 1. The molecule has 0 saturated carbocycles. The van der Waals surface area contributed by atoms with Crippen molar-refractivity contribution in [2.24, 2.45) is 0 Å². The predicted molar refractivity (Wildman–Crippen MR) is 83.3 cm³/mol. The second-order valence-corrected chi connectivity index (χ2v) is 7.33. The minimum absolute atomic E-state index is 0.179. The maximum Gasteiger partial charge on any atom is 0.264 e. The smallest absolute Gasteiger partial charge is 0.264 e. The van der Waals surface area contributed by atoms with Gasteiger partial charge < -0.3 is 0 Å². The second kappa shape index (κ2) is 5.31. The maximum absolute atomic E-state index is 12.9. The van der Waals surface area contributed by atoms with E-state index in [9.17, 15) is 8.42 Å². The molecule has 0 fully saturated rings. The lowest BCUT2D eigenvalue weighted by Crippen LogP contribution is -2.36. The SMILES string of the molecule is Cc1cccc2c1N(S(=O)(=O)c1ccnc(Cl)c1)CCC2. The summed E-state index contributed by atoms with van der Waals surface area (Å²) in [7, 11) is -3.61. The van der Waals surface area contributed by atoms with E-state index in [-0.39, 0.29) is 10.0 Å². The summed E-state index contributed by atoms with van der Waals surface area (Å²) in [6.45, 7) is 2.42. The maximum atomic E-state index is 12.9. The highest BCUT2D eigenvalue weighted by Gasteiger charge is 2.30. The summed E-state index contributed by atoms with van der Waals surface area (Å²) in [5.74, 6) is 0. The Morgan fingerprint density at radius 2 is 2.10 bits per heavy atom. The van der Waals surface area contributed by atoms with Crippen molar-refractivity contribution >= 4 is 27.3 Å². The van der Waals surface area contributed by atoms with Gasteiger partial charge in [-0.25, -0.2) is 13.4 Å². The summed E-state index contributed by atoms with van der Waals surface area (Å²) in [5.41, 5.74) is 2.84. The van der Waals surface area contributed by atoms with Crippen LogP contribution in [0.15, 0.2) is 41.4 Å². The van der Waals surface area contributed by atoms with Crippen LogP contribution in [0.25, 0.3) is 0 Å². The number of aryl methyl sites for hydroxylation is 2. The van der Waals surface area contributed by atoms with Crippen LogP contribution in [0.1, 0.15) is 17.5 Å². The Bertz CT molecular complexity index is 790. The molecule has 1 aliphatic heterocycles. The zero-order valence-corrected chi connectivity index (χ0v) is 13.2. The van der Waals surface area contributed by atoms with Crippen molar-refractivity contribution in [3.63, 3.8) is 0 Å². The molecule has 0 aliphatic carbocycles. The number of fused-ring (bicyclic) bond motifs is 1. The number of nitrogens with zero attached hydrogens (tertiary/aromatic N) is 2. The van der Waals surface area contributed by atoms with E-state index < -0.39 is 10.0 Å². The lowest BCUT2D eigenvalue weighted by molar-refractivity contribution is 0.586. The molecule has 21 heavy (non-hydrogen) atoms. The summed E-state index contributed by atoms with van der Waals surface area (Å²) < 4.78 is 27.3. The Labute approximate surface area is 129 Å². The van der Waals surface area contributed by atoms with Gasteiger partial charge in [-0.3, -0.25) is 4.31 Å². The third-order valence-corrected chi connectivity index (χ3v) is 5.67. The Kier molecular flexibility index (Phi) is 3.63. The first-order valence-corrected chi connectivity index (χ1v) is 8.55. The molecule has 0 atom stereocenters. The standard InChI is InChI=1S/C15H15ClN2O2S/c1-11-4-2-5-12-6-3-9-18(15(11)12)21(19,20)13-7-8-17-14(16)10-13/h2,4-5,7-8,10H,3,6,9H2,1H3. The van der Waals surface area contributed by atoms with Crippen LogP contribution in [0.4, 0.5) is 5.69 Å². The molecule has 0 N–H and O–H groups in total. The number of sulfonamides is 1. The number of hydrogen-bond acceptors (Lipinski definition) is 3. The Morgan fingerprint density at radius 1 is 1.29 bits per heavy atom. The molecule has 4 nitrogen and oxygen atoms in total. The van der Waals surface area contributed by atoms with Crippen molar-refractivity contribution in [2.75, 3.05) is 10.8 Å². The number of halogens is 1. The summed E-state index contributed by atoms with van der Waals surface area (Å²) in [4.78, 5) is 4.02. The highest BCUT2D eigenvalue weighted by atomic mass is 35.5. The van der Waals surface area contributed by atoms with E-state index in [0.717, 1.165) is 29.7 Å². The molecule has 0 bridgehead atoms. The van der Waals surface area contributed by atoms with Crippen molar-refractivity contribution in [1.82, 2.24) is 4.98 Å². The molecule has 0 radical (unpaired) electrons. The van der Waals surface area contributed by atoms with Gasteiger partial charge in [-0.2, -0.15) is 0 Å². The lowest BCUT2D eigenvalue weighted by Gasteiger charge is -2.31. The predicted octanol–water partition coefficient (Wildman–Crippen LogP) is 3.18. The summed E-state index contributed by atoms with van der Waals surface area (Å²) >= 11 is 5.83. The van der Waals surface area contributed by atoms with Crippen LogP contribution in [-0.2, 0) is 16.4 Å². The van der Waals surface area contributed by atoms with E-state index >= 15 is 0 Å². The van der Waals surface area contributed by atoms with Gasteiger partial charge in [0.05, 0.1) is 10.6 Å². The summed E-state index contributed by atoms with van der Waals surface area (Å²) in [6, 6.07) is 8.76. The molecule has 2 aromatic rings. The normalized spacial score (nSPS) is 14.9. The van der Waals surface area contributed by atoms with Crippen LogP contribution in [0, 0.1) is 6.92 Å². The average Bonchev–Trinajstić information content (AvgIpc) is 2.47. The van der Waals surface area contributed by atoms with Crippen molar-refractivity contribution in [3.05, 3.63) is 52.8 Å². The van der Waals surface area contributed by atoms with E-state index in [1.54, 1.807) is 0 Å². The van der Waals surface area contributed by atoms with Crippen LogP contribution in [0.2, 0.25) is 5.15 Å². The Morgan fingerprint density at radius 3 is 2.86 bits per heavy atom. The van der Waals surface area contributed by atoms with Gasteiger partial charge in [0.2, 0.25) is 0 Å². The Hall–Kier alpha value is -1.59. The number of pyridine rings is 1. The van der Waals surface area contributed by atoms with Gasteiger partial charge in [-0.15, -0.1) is 0 Å². The van der Waals surface area contributed by atoms with E-state index in [0.29, 0.717) is 6.54 Å². The molecule has 1 aromatic carbocycles. The van der Waals surface area contributed by atoms with Gasteiger partial charge in [-0.05, 0) is 43.0 Å². The molecular formula is C15H15ClN2O2S. The number of aromatic nitrogens is 1. The van der Waals surface area contributed by atoms with E-state index in [2.05, 4.69) is 4.98 Å². The monoisotopic (exact) mass is 322 g/mol. The van der Waals surface area contributed by atoms with Crippen LogP contribution in [-0.4, -0.2) is 19.9 Å². The summed E-state index contributed by atoms with van der Waals surface area (Å²) in [6.07, 6.45) is 3.13. The van der Waals surface area contributed by atoms with E-state index in [4.69, 9.17) is 11.6 Å². The fourth-order valence-electron chi connectivity index (χ4n) is 2.72. The molecule has 110 valence electrons. The second-order valence-electron chi connectivity index (χ2n) is 5.08. The minimum atomic E-state index is -3.61. The van der Waals surface area contributed by atoms with Crippen molar-refractivity contribution < 1.29 is 8.42 Å². The molecule has 1 aromatic heterocycles. The average molecular weight is 323 g/mol. The van der Waals surface area contributed by atoms with Crippen molar-refractivity contribution in [2.45, 2.75) is 24.7 Å². The topological polar surface area (TPSA) is 50.3 Å². The minimum Gasteiger partial charge on any atom is -0.266 e.